The van der Waals surface area contributed by atoms with Gasteiger partial charge in [0.1, 0.15) is 17.2 Å². The van der Waals surface area contributed by atoms with Gasteiger partial charge in [-0.15, -0.1) is 0 Å². The maximum Gasteiger partial charge on any atom is 0.410 e. The fourth-order valence-corrected chi connectivity index (χ4v) is 2.65. The minimum Gasteiger partial charge on any atom is -0.496 e. The summed E-state index contributed by atoms with van der Waals surface area (Å²) >= 11 is 0. The van der Waals surface area contributed by atoms with Crippen molar-refractivity contribution in [3.05, 3.63) is 41.7 Å². The first kappa shape index (κ1) is 21.4. The molecule has 0 spiro atoms. The second-order valence-corrected chi connectivity index (χ2v) is 7.33. The van der Waals surface area contributed by atoms with Gasteiger partial charge in [-0.05, 0) is 39.0 Å². The number of hydrogen-bond acceptors (Lipinski definition) is 5. The van der Waals surface area contributed by atoms with Crippen LogP contribution in [0, 0.1) is 5.82 Å². The highest BCUT2D eigenvalue weighted by Gasteiger charge is 2.27. The number of carbonyl (C=O) groups is 3. The molecule has 1 aliphatic heterocycles. The summed E-state index contributed by atoms with van der Waals surface area (Å²) in [4.78, 5) is 39.7. The minimum absolute atomic E-state index is 0.105. The van der Waals surface area contributed by atoms with Gasteiger partial charge in [-0.25, -0.2) is 9.18 Å². The molecule has 1 aliphatic rings. The van der Waals surface area contributed by atoms with E-state index in [1.807, 2.05) is 0 Å². The Labute approximate surface area is 163 Å². The monoisotopic (exact) mass is 392 g/mol. The topological polar surface area (TPSA) is 76.2 Å². The summed E-state index contributed by atoms with van der Waals surface area (Å²) in [6.07, 6.45) is 1.90. The predicted octanol–water partition coefficient (Wildman–Crippen LogP) is 2.65. The first-order valence-corrected chi connectivity index (χ1v) is 8.93. The zero-order chi connectivity index (χ0) is 20.9. The number of allylic oxidation sites excluding steroid dienone is 1. The molecule has 1 heterocycles. The maximum atomic E-state index is 13.2. The fourth-order valence-electron chi connectivity index (χ4n) is 2.65. The highest BCUT2D eigenvalue weighted by Crippen LogP contribution is 2.20. The number of halogens is 1. The molecular formula is C20H25FN2O5. The molecule has 0 unspecified atom stereocenters. The lowest BCUT2D eigenvalue weighted by Gasteiger charge is -2.35. The zero-order valence-electron chi connectivity index (χ0n) is 16.5. The lowest BCUT2D eigenvalue weighted by Crippen LogP contribution is -2.51. The molecule has 0 aliphatic carbocycles. The van der Waals surface area contributed by atoms with E-state index in [2.05, 4.69) is 0 Å². The number of carbonyl (C=O) groups excluding carboxylic acids is 3. The van der Waals surface area contributed by atoms with Gasteiger partial charge in [0.25, 0.3) is 0 Å². The van der Waals surface area contributed by atoms with Crippen molar-refractivity contribution in [1.82, 2.24) is 9.80 Å². The number of amides is 2. The summed E-state index contributed by atoms with van der Waals surface area (Å²) < 4.78 is 23.5. The molecule has 0 radical (unpaired) electrons. The van der Waals surface area contributed by atoms with Gasteiger partial charge in [-0.1, -0.05) is 0 Å². The van der Waals surface area contributed by atoms with Crippen molar-refractivity contribution in [2.45, 2.75) is 26.4 Å². The summed E-state index contributed by atoms with van der Waals surface area (Å²) in [5, 5.41) is 0. The highest BCUT2D eigenvalue weighted by atomic mass is 19.1. The van der Waals surface area contributed by atoms with Crippen molar-refractivity contribution in [3.8, 4) is 5.75 Å². The molecule has 1 aromatic rings. The predicted molar refractivity (Wildman–Crippen MR) is 101 cm³/mol. The summed E-state index contributed by atoms with van der Waals surface area (Å²) in [5.74, 6) is -1.21. The quantitative estimate of drug-likeness (QED) is 0.582. The van der Waals surface area contributed by atoms with Crippen LogP contribution in [-0.4, -0.2) is 66.5 Å². The number of benzene rings is 1. The zero-order valence-corrected chi connectivity index (χ0v) is 16.5. The fraction of sp³-hybridized carbons (Fsp3) is 0.450. The number of ether oxygens (including phenoxy) is 2. The molecule has 152 valence electrons. The normalized spacial score (nSPS) is 14.9. The molecule has 1 aromatic carbocycles. The molecule has 0 N–H and O–H groups in total. The molecule has 0 atom stereocenters. The highest BCUT2D eigenvalue weighted by molar-refractivity contribution is 6.09. The van der Waals surface area contributed by atoms with Crippen LogP contribution >= 0.6 is 0 Å². The summed E-state index contributed by atoms with van der Waals surface area (Å²) in [6, 6.07) is 3.57. The number of hydrogen-bond donors (Lipinski definition) is 0. The number of methoxy groups -OCH3 is 1. The van der Waals surface area contributed by atoms with Crippen molar-refractivity contribution >= 4 is 17.8 Å². The van der Waals surface area contributed by atoms with Crippen LogP contribution in [0.1, 0.15) is 31.1 Å². The summed E-state index contributed by atoms with van der Waals surface area (Å²) in [7, 11) is 1.34. The molecule has 1 saturated heterocycles. The Hall–Kier alpha value is -2.90. The molecule has 0 bridgehead atoms. The van der Waals surface area contributed by atoms with Crippen molar-refractivity contribution in [2.24, 2.45) is 0 Å². The molecule has 0 saturated carbocycles. The van der Waals surface area contributed by atoms with Crippen LogP contribution in [0.2, 0.25) is 0 Å². The Kier molecular flexibility index (Phi) is 6.77. The van der Waals surface area contributed by atoms with E-state index in [-0.39, 0.29) is 17.2 Å². The van der Waals surface area contributed by atoms with E-state index in [0.717, 1.165) is 18.2 Å². The van der Waals surface area contributed by atoms with Gasteiger partial charge in [0, 0.05) is 38.3 Å². The Balaban J connectivity index is 1.92. The molecule has 8 heteroatoms. The van der Waals surface area contributed by atoms with Crippen molar-refractivity contribution in [2.75, 3.05) is 33.3 Å². The van der Waals surface area contributed by atoms with E-state index in [1.54, 1.807) is 30.6 Å². The Morgan fingerprint density at radius 1 is 1.04 bits per heavy atom. The SMILES string of the molecule is COc1cc(F)ccc1C(=O)/C=C/C(=O)N1CCN(C(=O)OC(C)(C)C)CC1. The standard InChI is InChI=1S/C20H25FN2O5/c1-20(2,3)28-19(26)23-11-9-22(10-12-23)18(25)8-7-16(24)15-6-5-14(21)13-17(15)27-4/h5-8,13H,9-12H2,1-4H3/b8-7+. The van der Waals surface area contributed by atoms with E-state index in [4.69, 9.17) is 9.47 Å². The smallest absolute Gasteiger partial charge is 0.410 e. The van der Waals surface area contributed by atoms with Crippen LogP contribution in [0.5, 0.6) is 5.75 Å². The first-order chi connectivity index (χ1) is 13.1. The van der Waals surface area contributed by atoms with Crippen LogP contribution in [0.25, 0.3) is 0 Å². The third-order valence-electron chi connectivity index (χ3n) is 4.05. The third-order valence-corrected chi connectivity index (χ3v) is 4.05. The minimum atomic E-state index is -0.575. The average molecular weight is 392 g/mol. The summed E-state index contributed by atoms with van der Waals surface area (Å²) in [5.41, 5.74) is -0.406. The second kappa shape index (κ2) is 8.86. The largest absolute Gasteiger partial charge is 0.496 e. The molecular weight excluding hydrogens is 367 g/mol. The maximum absolute atomic E-state index is 13.2. The van der Waals surface area contributed by atoms with Crippen LogP contribution < -0.4 is 4.74 Å². The Bertz CT molecular complexity index is 777. The second-order valence-electron chi connectivity index (χ2n) is 7.33. The van der Waals surface area contributed by atoms with Crippen molar-refractivity contribution in [3.63, 3.8) is 0 Å². The lowest BCUT2D eigenvalue weighted by molar-refractivity contribution is -0.127. The van der Waals surface area contributed by atoms with Gasteiger partial charge in [0.2, 0.25) is 5.91 Å². The number of ketones is 1. The average Bonchev–Trinajstić information content (AvgIpc) is 2.64. The van der Waals surface area contributed by atoms with Crippen LogP contribution in [0.4, 0.5) is 9.18 Å². The van der Waals surface area contributed by atoms with E-state index < -0.39 is 23.3 Å². The number of piperazine rings is 1. The number of nitrogens with zero attached hydrogens (tertiary/aromatic N) is 2. The van der Waals surface area contributed by atoms with Gasteiger partial charge in [0.15, 0.2) is 5.78 Å². The summed E-state index contributed by atoms with van der Waals surface area (Å²) in [6.45, 7) is 6.78. The van der Waals surface area contributed by atoms with Gasteiger partial charge >= 0.3 is 6.09 Å². The molecule has 0 aromatic heterocycles. The lowest BCUT2D eigenvalue weighted by atomic mass is 10.1. The Morgan fingerprint density at radius 3 is 2.21 bits per heavy atom. The first-order valence-electron chi connectivity index (χ1n) is 8.93. The van der Waals surface area contributed by atoms with Gasteiger partial charge in [-0.3, -0.25) is 9.59 Å². The molecule has 7 nitrogen and oxygen atoms in total. The van der Waals surface area contributed by atoms with E-state index in [0.29, 0.717) is 26.2 Å². The third kappa shape index (κ3) is 5.80. The molecule has 1 fully saturated rings. The Morgan fingerprint density at radius 2 is 1.64 bits per heavy atom. The molecule has 2 amide bonds. The van der Waals surface area contributed by atoms with Gasteiger partial charge in [0.05, 0.1) is 12.7 Å². The number of rotatable bonds is 4. The van der Waals surface area contributed by atoms with Crippen molar-refractivity contribution < 1.29 is 28.2 Å². The van der Waals surface area contributed by atoms with Crippen molar-refractivity contribution in [1.29, 1.82) is 0 Å². The molecule has 28 heavy (non-hydrogen) atoms. The van der Waals surface area contributed by atoms with E-state index in [9.17, 15) is 18.8 Å². The van der Waals surface area contributed by atoms with E-state index in [1.165, 1.54) is 19.3 Å². The van der Waals surface area contributed by atoms with Crippen LogP contribution in [-0.2, 0) is 9.53 Å². The van der Waals surface area contributed by atoms with Gasteiger partial charge in [-0.2, -0.15) is 0 Å². The van der Waals surface area contributed by atoms with E-state index >= 15 is 0 Å². The van der Waals surface area contributed by atoms with Crippen LogP contribution in [0.3, 0.4) is 0 Å². The van der Waals surface area contributed by atoms with Gasteiger partial charge < -0.3 is 19.3 Å². The van der Waals surface area contributed by atoms with Crippen LogP contribution in [0.15, 0.2) is 30.4 Å². The molecule has 2 rings (SSSR count).